The van der Waals surface area contributed by atoms with Crippen molar-refractivity contribution in [2.24, 2.45) is 11.7 Å². The molecule has 2 atom stereocenters. The molecule has 0 aromatic heterocycles. The Morgan fingerprint density at radius 2 is 2.20 bits per heavy atom. The smallest absolute Gasteiger partial charge is 0.312 e. The number of primary amides is 1. The molecule has 4 N–H and O–H groups in total. The number of benzene rings is 1. The zero-order valence-corrected chi connectivity index (χ0v) is 12.3. The fourth-order valence-corrected chi connectivity index (χ4v) is 2.85. The molecule has 0 saturated carbocycles. The third-order valence-corrected chi connectivity index (χ3v) is 4.15. The molecule has 0 aliphatic carbocycles. The molecule has 0 spiro atoms. The number of carbonyl (C=O) groups is 1. The molecule has 0 fully saturated rings. The Labute approximate surface area is 122 Å². The average Bonchev–Trinajstić information content (AvgIpc) is 2.38. The van der Waals surface area contributed by atoms with E-state index >= 15 is 0 Å². The van der Waals surface area contributed by atoms with Crippen LogP contribution in [0, 0.1) is 11.7 Å². The molecule has 0 aliphatic rings. The van der Waals surface area contributed by atoms with Gasteiger partial charge in [-0.3, -0.25) is 0 Å². The van der Waals surface area contributed by atoms with Crippen LogP contribution in [0.2, 0.25) is 0 Å². The minimum Gasteiger partial charge on any atom is -0.396 e. The minimum atomic E-state index is -0.659. The molecule has 0 aliphatic heterocycles. The molecule has 4 nitrogen and oxygen atoms in total. The molecule has 112 valence electrons. The summed E-state index contributed by atoms with van der Waals surface area (Å²) in [4.78, 5) is 11.1. The number of hydrogen-bond acceptors (Lipinski definition) is 3. The summed E-state index contributed by atoms with van der Waals surface area (Å²) in [5, 5.41) is 11.3. The monoisotopic (exact) mass is 300 g/mol. The fourth-order valence-electron chi connectivity index (χ4n) is 2.01. The fraction of sp³-hybridized carbons (Fsp3) is 0.500. The van der Waals surface area contributed by atoms with E-state index in [4.69, 9.17) is 10.8 Å². The van der Waals surface area contributed by atoms with Crippen LogP contribution in [-0.2, 0) is 0 Å². The molecule has 0 radical (unpaired) electrons. The molecule has 1 aromatic rings. The van der Waals surface area contributed by atoms with Crippen molar-refractivity contribution in [1.82, 2.24) is 5.32 Å². The normalized spacial score (nSPS) is 13.8. The average molecular weight is 300 g/mol. The van der Waals surface area contributed by atoms with Gasteiger partial charge in [0.2, 0.25) is 0 Å². The van der Waals surface area contributed by atoms with Gasteiger partial charge in [-0.2, -0.15) is 11.8 Å². The van der Waals surface area contributed by atoms with Gasteiger partial charge in [0.05, 0.1) is 12.6 Å². The summed E-state index contributed by atoms with van der Waals surface area (Å²) in [6, 6.07) is 5.28. The Bertz CT molecular complexity index is 431. The first-order chi connectivity index (χ1) is 9.54. The van der Waals surface area contributed by atoms with Crippen molar-refractivity contribution in [3.05, 3.63) is 35.6 Å². The lowest BCUT2D eigenvalue weighted by Crippen LogP contribution is -2.34. The Kier molecular flexibility index (Phi) is 7.40. The van der Waals surface area contributed by atoms with Crippen molar-refractivity contribution in [1.29, 1.82) is 0 Å². The van der Waals surface area contributed by atoms with Crippen molar-refractivity contribution < 1.29 is 14.3 Å². The number of halogens is 1. The Morgan fingerprint density at radius 1 is 1.50 bits per heavy atom. The van der Waals surface area contributed by atoms with Crippen LogP contribution in [-0.4, -0.2) is 29.3 Å². The van der Waals surface area contributed by atoms with E-state index in [-0.39, 0.29) is 18.3 Å². The molecule has 0 saturated heterocycles. The minimum absolute atomic E-state index is 0.146. The second-order valence-corrected chi connectivity index (χ2v) is 5.87. The first-order valence-corrected chi connectivity index (χ1v) is 7.69. The van der Waals surface area contributed by atoms with Crippen LogP contribution in [0.4, 0.5) is 9.18 Å². The quantitative estimate of drug-likeness (QED) is 0.645. The van der Waals surface area contributed by atoms with Gasteiger partial charge in [0.15, 0.2) is 0 Å². The highest BCUT2D eigenvalue weighted by Crippen LogP contribution is 2.25. The number of carbonyl (C=O) groups excluding carboxylic acids is 1. The summed E-state index contributed by atoms with van der Waals surface area (Å²) >= 11 is 1.63. The van der Waals surface area contributed by atoms with E-state index in [0.717, 1.165) is 5.75 Å². The lowest BCUT2D eigenvalue weighted by atomic mass is 9.96. The van der Waals surface area contributed by atoms with Gasteiger partial charge in [0.1, 0.15) is 5.82 Å². The summed E-state index contributed by atoms with van der Waals surface area (Å²) < 4.78 is 13.8. The SMILES string of the molecule is CC(CSCCO)CC(NC(N)=O)c1ccccc1F. The molecule has 2 amide bonds. The highest BCUT2D eigenvalue weighted by Gasteiger charge is 2.19. The predicted octanol–water partition coefficient (Wildman–Crippen LogP) is 2.29. The molecule has 0 bridgehead atoms. The summed E-state index contributed by atoms with van der Waals surface area (Å²) in [5.74, 6) is 1.44. The number of urea groups is 1. The van der Waals surface area contributed by atoms with Gasteiger partial charge in [-0.05, 0) is 24.2 Å². The Balaban J connectivity index is 2.70. The standard InChI is InChI=1S/C14H21FN2O2S/c1-10(9-20-7-6-18)8-13(17-14(16)19)11-4-2-3-5-12(11)15/h2-5,10,13,18H,6-9H2,1H3,(H3,16,17,19). The van der Waals surface area contributed by atoms with Gasteiger partial charge in [0, 0.05) is 11.3 Å². The molecule has 2 unspecified atom stereocenters. The van der Waals surface area contributed by atoms with E-state index < -0.39 is 12.1 Å². The van der Waals surface area contributed by atoms with E-state index in [0.29, 0.717) is 17.7 Å². The maximum atomic E-state index is 13.8. The van der Waals surface area contributed by atoms with Crippen LogP contribution in [0.1, 0.15) is 24.9 Å². The molecular formula is C14H21FN2O2S. The third-order valence-electron chi connectivity index (χ3n) is 2.87. The molecule has 20 heavy (non-hydrogen) atoms. The number of aliphatic hydroxyl groups is 1. The maximum absolute atomic E-state index is 13.8. The Hall–Kier alpha value is -1.27. The second kappa shape index (κ2) is 8.81. The largest absolute Gasteiger partial charge is 0.396 e. The molecule has 6 heteroatoms. The van der Waals surface area contributed by atoms with E-state index in [2.05, 4.69) is 5.32 Å². The number of rotatable bonds is 8. The van der Waals surface area contributed by atoms with Crippen LogP contribution in [0.3, 0.4) is 0 Å². The highest BCUT2D eigenvalue weighted by atomic mass is 32.2. The molecule has 1 rings (SSSR count). The van der Waals surface area contributed by atoms with Gasteiger partial charge >= 0.3 is 6.03 Å². The first kappa shape index (κ1) is 16.8. The highest BCUT2D eigenvalue weighted by molar-refractivity contribution is 7.99. The second-order valence-electron chi connectivity index (χ2n) is 4.72. The number of nitrogens with two attached hydrogens (primary N) is 1. The summed E-state index contributed by atoms with van der Waals surface area (Å²) in [6.07, 6.45) is 0.600. The van der Waals surface area contributed by atoms with Crippen molar-refractivity contribution in [2.45, 2.75) is 19.4 Å². The van der Waals surface area contributed by atoms with Gasteiger partial charge in [-0.15, -0.1) is 0 Å². The zero-order valence-electron chi connectivity index (χ0n) is 11.5. The predicted molar refractivity (Wildman–Crippen MR) is 80.1 cm³/mol. The van der Waals surface area contributed by atoms with Gasteiger partial charge in [-0.25, -0.2) is 9.18 Å². The molecular weight excluding hydrogens is 279 g/mol. The first-order valence-electron chi connectivity index (χ1n) is 6.53. The number of hydrogen-bond donors (Lipinski definition) is 3. The van der Waals surface area contributed by atoms with Crippen LogP contribution >= 0.6 is 11.8 Å². The van der Waals surface area contributed by atoms with Crippen LogP contribution in [0.15, 0.2) is 24.3 Å². The van der Waals surface area contributed by atoms with Crippen LogP contribution in [0.5, 0.6) is 0 Å². The van der Waals surface area contributed by atoms with Gasteiger partial charge < -0.3 is 16.2 Å². The topological polar surface area (TPSA) is 75.3 Å². The van der Waals surface area contributed by atoms with Crippen LogP contribution < -0.4 is 11.1 Å². The lowest BCUT2D eigenvalue weighted by molar-refractivity contribution is 0.243. The molecule has 0 heterocycles. The number of thioether (sulfide) groups is 1. The number of aliphatic hydroxyl groups excluding tert-OH is 1. The Morgan fingerprint density at radius 3 is 2.80 bits per heavy atom. The number of nitrogens with one attached hydrogen (secondary N) is 1. The maximum Gasteiger partial charge on any atom is 0.312 e. The van der Waals surface area contributed by atoms with Crippen molar-refractivity contribution in [3.8, 4) is 0 Å². The van der Waals surface area contributed by atoms with Crippen LogP contribution in [0.25, 0.3) is 0 Å². The van der Waals surface area contributed by atoms with Crippen molar-refractivity contribution in [3.63, 3.8) is 0 Å². The zero-order chi connectivity index (χ0) is 15.0. The summed E-state index contributed by atoms with van der Waals surface area (Å²) in [7, 11) is 0. The lowest BCUT2D eigenvalue weighted by Gasteiger charge is -2.22. The van der Waals surface area contributed by atoms with Gasteiger partial charge in [0.25, 0.3) is 0 Å². The van der Waals surface area contributed by atoms with E-state index in [1.807, 2.05) is 6.92 Å². The van der Waals surface area contributed by atoms with E-state index in [9.17, 15) is 9.18 Å². The number of amides is 2. The van der Waals surface area contributed by atoms with Crippen molar-refractivity contribution in [2.75, 3.05) is 18.1 Å². The molecule has 1 aromatic carbocycles. The van der Waals surface area contributed by atoms with E-state index in [1.54, 1.807) is 30.0 Å². The summed E-state index contributed by atoms with van der Waals surface area (Å²) in [5.41, 5.74) is 5.62. The summed E-state index contributed by atoms with van der Waals surface area (Å²) in [6.45, 7) is 2.18. The van der Waals surface area contributed by atoms with E-state index in [1.165, 1.54) is 6.07 Å². The van der Waals surface area contributed by atoms with Crippen molar-refractivity contribution >= 4 is 17.8 Å². The van der Waals surface area contributed by atoms with Gasteiger partial charge in [-0.1, -0.05) is 25.1 Å². The third kappa shape index (κ3) is 5.79.